The van der Waals surface area contributed by atoms with Crippen molar-refractivity contribution in [2.75, 3.05) is 0 Å². The Balaban J connectivity index is 0.000000275. The maximum Gasteiger partial charge on any atom is 0.485 e. The fourth-order valence-electron chi connectivity index (χ4n) is 3.22. The largest absolute Gasteiger partial charge is 0.741 e. The van der Waals surface area contributed by atoms with Crippen molar-refractivity contribution < 1.29 is 52.1 Å². The minimum Gasteiger partial charge on any atom is -0.741 e. The topological polar surface area (TPSA) is 74.3 Å². The van der Waals surface area contributed by atoms with E-state index in [2.05, 4.69) is 42.5 Å². The van der Waals surface area contributed by atoms with Gasteiger partial charge in [0.15, 0.2) is 23.1 Å². The summed E-state index contributed by atoms with van der Waals surface area (Å²) in [7, 11) is -6.09. The molecule has 2 bridgehead atoms. The van der Waals surface area contributed by atoms with Crippen LogP contribution in [0.25, 0.3) is 0 Å². The molecule has 2 aliphatic rings. The van der Waals surface area contributed by atoms with Crippen molar-refractivity contribution in [2.24, 2.45) is 11.8 Å². The van der Waals surface area contributed by atoms with E-state index in [0.717, 1.165) is 17.6 Å². The molecule has 0 fully saturated rings. The number of hydrogen-bond donors (Lipinski definition) is 0. The Morgan fingerprint density at radius 2 is 1.43 bits per heavy atom. The Labute approximate surface area is 182 Å². The van der Waals surface area contributed by atoms with Crippen LogP contribution in [-0.4, -0.2) is 24.3 Å². The number of fused-ring (bicyclic) bond motifs is 2. The lowest BCUT2D eigenvalue weighted by Gasteiger charge is -2.08. The van der Waals surface area contributed by atoms with Crippen molar-refractivity contribution in [2.45, 2.75) is 11.9 Å². The molecule has 0 heterocycles. The fraction of sp³-hybridized carbons (Fsp3) is 0.190. The van der Waals surface area contributed by atoms with E-state index in [4.69, 9.17) is 13.0 Å². The molecule has 158 valence electrons. The normalized spacial score (nSPS) is 20.1. The monoisotopic (exact) mass is 548 g/mol. The van der Waals surface area contributed by atoms with E-state index in [9.17, 15) is 18.0 Å². The molecule has 9 heteroatoms. The molecule has 4 rings (SSSR count). The van der Waals surface area contributed by atoms with E-state index in [-0.39, 0.29) is 27.0 Å². The zero-order valence-corrected chi connectivity index (χ0v) is 18.3. The summed E-state index contributed by atoms with van der Waals surface area (Å²) < 4.78 is 61.7. The molecule has 2 atom stereocenters. The molecule has 0 aromatic heterocycles. The Hall–Kier alpha value is -1.98. The first-order valence-corrected chi connectivity index (χ1v) is 12.4. The minimum absolute atomic E-state index is 0.239. The lowest BCUT2D eigenvalue weighted by molar-refractivity contribution is -0.581. The third kappa shape index (κ3) is 5.19. The molecule has 0 amide bonds. The van der Waals surface area contributed by atoms with Gasteiger partial charge in [0, 0.05) is 17.4 Å². The molecule has 0 N–H and O–H groups in total. The summed E-state index contributed by atoms with van der Waals surface area (Å²) in [5.41, 5.74) is -3.73. The summed E-state index contributed by atoms with van der Waals surface area (Å²) in [6, 6.07) is 20.4. The highest BCUT2D eigenvalue weighted by atomic mass is 127. The summed E-state index contributed by atoms with van der Waals surface area (Å²) in [6.07, 6.45) is 5.65. The molecule has 0 spiro atoms. The molecule has 0 unspecified atom stereocenters. The first-order chi connectivity index (χ1) is 14.1. The Kier molecular flexibility index (Phi) is 6.83. The van der Waals surface area contributed by atoms with Crippen LogP contribution in [0, 0.1) is 15.4 Å². The van der Waals surface area contributed by atoms with E-state index < -0.39 is 15.6 Å². The SMILES string of the molecule is O=C(C1=C([I+]c2ccccc2)[C@H]2C=C[C@@H]1C2)c1ccccc1.O=S(=O)([O-])C(F)(F)F. The maximum atomic E-state index is 13.0. The van der Waals surface area contributed by atoms with Crippen LogP contribution in [0.2, 0.25) is 0 Å². The van der Waals surface area contributed by atoms with Gasteiger partial charge in [0.2, 0.25) is 0 Å². The molecule has 2 aromatic carbocycles. The van der Waals surface area contributed by atoms with Crippen molar-refractivity contribution in [3.63, 3.8) is 0 Å². The summed E-state index contributed by atoms with van der Waals surface area (Å²) in [6.45, 7) is 0. The van der Waals surface area contributed by atoms with Gasteiger partial charge in [-0.15, -0.1) is 0 Å². The third-order valence-electron chi connectivity index (χ3n) is 4.55. The van der Waals surface area contributed by atoms with Crippen LogP contribution >= 0.6 is 0 Å². The van der Waals surface area contributed by atoms with Crippen LogP contribution in [-0.2, 0) is 10.1 Å². The summed E-state index contributed by atoms with van der Waals surface area (Å²) in [4.78, 5) is 13.0. The van der Waals surface area contributed by atoms with Crippen LogP contribution in [0.5, 0.6) is 0 Å². The number of hydrogen-bond acceptors (Lipinski definition) is 4. The number of allylic oxidation sites excluding steroid dienone is 4. The molecule has 0 saturated heterocycles. The van der Waals surface area contributed by atoms with Crippen molar-refractivity contribution in [3.05, 3.63) is 91.1 Å². The average molecular weight is 548 g/mol. The van der Waals surface area contributed by atoms with Crippen LogP contribution < -0.4 is 21.2 Å². The zero-order chi connectivity index (χ0) is 21.9. The first-order valence-electron chi connectivity index (χ1n) is 8.82. The third-order valence-corrected chi connectivity index (χ3v) is 8.42. The molecular formula is C21H16F3IO4S. The van der Waals surface area contributed by atoms with Gasteiger partial charge in [0.1, 0.15) is 0 Å². The molecule has 0 saturated carbocycles. The predicted molar refractivity (Wildman–Crippen MR) is 99.4 cm³/mol. The molecule has 0 radical (unpaired) electrons. The molecular weight excluding hydrogens is 532 g/mol. The van der Waals surface area contributed by atoms with E-state index in [1.54, 1.807) is 0 Å². The summed E-state index contributed by atoms with van der Waals surface area (Å²) in [5, 5.41) is 0. The first kappa shape index (κ1) is 22.7. The predicted octanol–water partition coefficient (Wildman–Crippen LogP) is 1.34. The molecule has 30 heavy (non-hydrogen) atoms. The van der Waals surface area contributed by atoms with Gasteiger partial charge in [0.25, 0.3) is 0 Å². The molecule has 0 aliphatic heterocycles. The van der Waals surface area contributed by atoms with E-state index in [1.165, 1.54) is 7.15 Å². The second-order valence-electron chi connectivity index (χ2n) is 6.58. The van der Waals surface area contributed by atoms with Gasteiger partial charge < -0.3 is 4.55 Å². The lowest BCUT2D eigenvalue weighted by atomic mass is 9.94. The number of ketones is 1. The molecule has 2 aromatic rings. The van der Waals surface area contributed by atoms with Gasteiger partial charge in [-0.1, -0.05) is 60.7 Å². The second kappa shape index (κ2) is 9.03. The van der Waals surface area contributed by atoms with Gasteiger partial charge in [-0.25, -0.2) is 8.42 Å². The number of halogens is 4. The molecule has 2 aliphatic carbocycles. The average Bonchev–Trinajstić information content (AvgIpc) is 3.30. The van der Waals surface area contributed by atoms with E-state index in [1.807, 2.05) is 30.3 Å². The Bertz CT molecular complexity index is 1080. The number of benzene rings is 2. The quantitative estimate of drug-likeness (QED) is 0.190. The smallest absolute Gasteiger partial charge is 0.485 e. The van der Waals surface area contributed by atoms with Crippen molar-refractivity contribution in [1.82, 2.24) is 0 Å². The number of carbonyl (C=O) groups is 1. The van der Waals surface area contributed by atoms with Gasteiger partial charge in [-0.3, -0.25) is 4.79 Å². The van der Waals surface area contributed by atoms with Gasteiger partial charge in [-0.2, -0.15) is 13.2 Å². The zero-order valence-electron chi connectivity index (χ0n) is 15.3. The Morgan fingerprint density at radius 3 is 1.97 bits per heavy atom. The highest BCUT2D eigenvalue weighted by molar-refractivity contribution is 7.86. The van der Waals surface area contributed by atoms with Crippen LogP contribution in [0.1, 0.15) is 16.8 Å². The van der Waals surface area contributed by atoms with Crippen LogP contribution in [0.3, 0.4) is 0 Å². The number of carbonyl (C=O) groups excluding carboxylic acids is 1. The minimum atomic E-state index is -6.09. The van der Waals surface area contributed by atoms with Crippen molar-refractivity contribution in [3.8, 4) is 0 Å². The fourth-order valence-corrected chi connectivity index (χ4v) is 6.46. The number of Topliss-reactive ketones (excluding diaryl/α,β-unsaturated/α-hetero) is 1. The molecule has 4 nitrogen and oxygen atoms in total. The van der Waals surface area contributed by atoms with Crippen molar-refractivity contribution >= 4 is 15.9 Å². The van der Waals surface area contributed by atoms with Gasteiger partial charge >= 0.3 is 26.7 Å². The van der Waals surface area contributed by atoms with Crippen LogP contribution in [0.4, 0.5) is 13.2 Å². The van der Waals surface area contributed by atoms with Gasteiger partial charge in [-0.05, 0) is 18.6 Å². The van der Waals surface area contributed by atoms with E-state index in [0.29, 0.717) is 11.8 Å². The van der Waals surface area contributed by atoms with Crippen molar-refractivity contribution in [1.29, 1.82) is 0 Å². The maximum absolute atomic E-state index is 13.0. The Morgan fingerprint density at radius 1 is 0.933 bits per heavy atom. The highest BCUT2D eigenvalue weighted by Gasteiger charge is 2.46. The second-order valence-corrected chi connectivity index (χ2v) is 10.9. The van der Waals surface area contributed by atoms with Gasteiger partial charge in [0.05, 0.1) is 5.57 Å². The number of alkyl halides is 3. The summed E-state index contributed by atoms with van der Waals surface area (Å²) >= 11 is -0.251. The summed E-state index contributed by atoms with van der Waals surface area (Å²) in [5.74, 6) is 1.08. The van der Waals surface area contributed by atoms with E-state index >= 15 is 0 Å². The standard InChI is InChI=1S/C20H16IO.CHF3O3S/c22-20(14-7-3-1-4-8-14)18-15-11-12-16(13-15)19(18)21-17-9-5-2-6-10-17;2-1(3,4)8(5,6)7/h1-12,15-16H,13H2;(H,5,6,7)/q+1;/p-1/t15-,16+;/m1./s1. The van der Waals surface area contributed by atoms with Crippen LogP contribution in [0.15, 0.2) is 82.0 Å². The lowest BCUT2D eigenvalue weighted by Crippen LogP contribution is -3.61. The number of rotatable bonds is 4. The highest BCUT2D eigenvalue weighted by Crippen LogP contribution is 2.41.